The molecule has 2 heterocycles. The molecule has 400 valence electrons. The van der Waals surface area contributed by atoms with Crippen molar-refractivity contribution in [1.29, 1.82) is 0 Å². The van der Waals surface area contributed by atoms with Gasteiger partial charge in [0.2, 0.25) is 23.6 Å². The molecule has 72 heavy (non-hydrogen) atoms. The van der Waals surface area contributed by atoms with Crippen LogP contribution in [0.2, 0.25) is 0 Å². The van der Waals surface area contributed by atoms with Crippen LogP contribution in [0.3, 0.4) is 0 Å². The van der Waals surface area contributed by atoms with Gasteiger partial charge in [-0.2, -0.15) is 0 Å². The van der Waals surface area contributed by atoms with Gasteiger partial charge in [-0.05, 0) is 55.3 Å². The summed E-state index contributed by atoms with van der Waals surface area (Å²) < 4.78 is 23.3. The predicted molar refractivity (Wildman–Crippen MR) is 268 cm³/mol. The molecule has 19 heteroatoms. The molecular formula is C53H80N6O13. The standard InChI is InChI=1S/C53H80N6O13/c1-12-35(6)46(42(68-10)32-43(60)58-24-18-23-41(58)47(69-11)36(7)48(61)54-40(53(66)67)31-37-19-14-13-15-20-37)57(9)52(65)44(33(2)3)55-49(62)45(34(4)5)56(8)25-26-70-27-28-71-29-30-72-59-50(63)38-21-16-17-22-39(38)51(59)64/h13-17,19-22,33-36,40-42,44-47H,12,18,23-32H2,1-11H3,(H,54,61)(H,55,62)(H,66,67)/t35-,36+,40-,41-,42+,44-,45-,46?,47+/m0/s1. The lowest BCUT2D eigenvalue weighted by molar-refractivity contribution is -0.148. The summed E-state index contributed by atoms with van der Waals surface area (Å²) in [6.07, 6.45) is 0.521. The Hall–Kier alpha value is -5.31. The number of carbonyl (C=O) groups is 7. The van der Waals surface area contributed by atoms with E-state index in [1.165, 1.54) is 14.2 Å². The van der Waals surface area contributed by atoms with Crippen LogP contribution in [0.25, 0.3) is 0 Å². The van der Waals surface area contributed by atoms with E-state index in [1.807, 2.05) is 71.7 Å². The third-order valence-electron chi connectivity index (χ3n) is 13.9. The van der Waals surface area contributed by atoms with Gasteiger partial charge in [-0.3, -0.25) is 38.5 Å². The van der Waals surface area contributed by atoms with E-state index in [0.29, 0.717) is 50.1 Å². The number of rotatable bonds is 31. The number of fused-ring (bicyclic) bond motifs is 1. The molecule has 2 aliphatic rings. The average Bonchev–Trinajstić information content (AvgIpc) is 3.93. The molecule has 19 nitrogen and oxygen atoms in total. The van der Waals surface area contributed by atoms with Gasteiger partial charge in [0.25, 0.3) is 11.8 Å². The number of aliphatic carboxylic acids is 1. The van der Waals surface area contributed by atoms with Crippen molar-refractivity contribution in [2.75, 3.05) is 74.4 Å². The summed E-state index contributed by atoms with van der Waals surface area (Å²) in [7, 11) is 6.52. The van der Waals surface area contributed by atoms with Gasteiger partial charge >= 0.3 is 5.97 Å². The van der Waals surface area contributed by atoms with Crippen molar-refractivity contribution < 1.29 is 62.5 Å². The molecule has 2 aromatic carbocycles. The minimum atomic E-state index is -1.16. The van der Waals surface area contributed by atoms with Crippen molar-refractivity contribution in [3.63, 3.8) is 0 Å². The summed E-state index contributed by atoms with van der Waals surface area (Å²) in [4.78, 5) is 104. The molecular weight excluding hydrogens is 929 g/mol. The van der Waals surface area contributed by atoms with Crippen LogP contribution in [0.5, 0.6) is 0 Å². The lowest BCUT2D eigenvalue weighted by Crippen LogP contribution is -2.60. The number of nitrogens with one attached hydrogen (secondary N) is 2. The predicted octanol–water partition coefficient (Wildman–Crippen LogP) is 4.08. The molecule has 0 aromatic heterocycles. The molecule has 6 amide bonds. The smallest absolute Gasteiger partial charge is 0.326 e. The molecule has 3 N–H and O–H groups in total. The van der Waals surface area contributed by atoms with Crippen LogP contribution in [-0.2, 0) is 54.2 Å². The first kappa shape index (κ1) is 59.3. The molecule has 1 fully saturated rings. The van der Waals surface area contributed by atoms with Gasteiger partial charge in [0, 0.05) is 40.8 Å². The van der Waals surface area contributed by atoms with Gasteiger partial charge in [-0.25, -0.2) is 4.79 Å². The molecule has 0 spiro atoms. The van der Waals surface area contributed by atoms with Gasteiger partial charge in [0.15, 0.2) is 0 Å². The monoisotopic (exact) mass is 1010 g/mol. The number of imide groups is 1. The molecule has 1 unspecified atom stereocenters. The number of likely N-dealkylation sites (tertiary alicyclic amines) is 1. The number of likely N-dealkylation sites (N-methyl/N-ethyl adjacent to an activating group) is 2. The van der Waals surface area contributed by atoms with Crippen LogP contribution in [0.4, 0.5) is 0 Å². The number of hydroxylamine groups is 2. The number of ether oxygens (including phenoxy) is 4. The minimum Gasteiger partial charge on any atom is -0.480 e. The quantitative estimate of drug-likeness (QED) is 0.0716. The van der Waals surface area contributed by atoms with Gasteiger partial charge in [0.1, 0.15) is 12.1 Å². The molecule has 0 radical (unpaired) electrons. The van der Waals surface area contributed by atoms with E-state index in [2.05, 4.69) is 10.6 Å². The summed E-state index contributed by atoms with van der Waals surface area (Å²) in [5.41, 5.74) is 1.37. The van der Waals surface area contributed by atoms with Crippen molar-refractivity contribution in [2.45, 2.75) is 123 Å². The zero-order chi connectivity index (χ0) is 53.2. The molecule has 0 aliphatic carbocycles. The maximum Gasteiger partial charge on any atom is 0.326 e. The Morgan fingerprint density at radius 3 is 1.93 bits per heavy atom. The van der Waals surface area contributed by atoms with Gasteiger partial charge in [-0.1, -0.05) is 97.4 Å². The third kappa shape index (κ3) is 15.6. The highest BCUT2D eigenvalue weighted by atomic mass is 16.7. The molecule has 9 atom stereocenters. The minimum absolute atomic E-state index is 0.00444. The van der Waals surface area contributed by atoms with Gasteiger partial charge < -0.3 is 44.5 Å². The number of benzene rings is 2. The Balaban J connectivity index is 1.32. The summed E-state index contributed by atoms with van der Waals surface area (Å²) in [5, 5.41) is 16.5. The number of carbonyl (C=O) groups excluding carboxylic acids is 6. The fourth-order valence-corrected chi connectivity index (χ4v) is 9.78. The van der Waals surface area contributed by atoms with E-state index in [-0.39, 0.29) is 74.7 Å². The third-order valence-corrected chi connectivity index (χ3v) is 13.9. The number of amides is 6. The number of hydrogen-bond acceptors (Lipinski definition) is 13. The second kappa shape index (κ2) is 28.8. The summed E-state index contributed by atoms with van der Waals surface area (Å²) in [6.45, 7) is 15.1. The average molecular weight is 1010 g/mol. The SMILES string of the molecule is CC[C@H](C)C([C@@H](CC(=O)N1CCC[C@H]1[C@H](OC)[C@@H](C)C(=O)N[C@@H](Cc1ccccc1)C(=O)O)OC)N(C)C(=O)[C@@H](NC(=O)[C@H](C(C)C)N(C)CCOCCOCCON1C(=O)c2ccccc2C1=O)C(C)C. The largest absolute Gasteiger partial charge is 0.480 e. The van der Waals surface area contributed by atoms with Crippen molar-refractivity contribution in [3.05, 3.63) is 71.3 Å². The summed E-state index contributed by atoms with van der Waals surface area (Å²) in [5.74, 6) is -4.82. The van der Waals surface area contributed by atoms with Crippen molar-refractivity contribution >= 4 is 41.4 Å². The van der Waals surface area contributed by atoms with Crippen LogP contribution in [0.1, 0.15) is 100 Å². The van der Waals surface area contributed by atoms with E-state index >= 15 is 0 Å². The number of carboxylic acid groups (broad SMARTS) is 1. The molecule has 2 aliphatic heterocycles. The Morgan fingerprint density at radius 1 is 0.778 bits per heavy atom. The van der Waals surface area contributed by atoms with E-state index in [4.69, 9.17) is 23.8 Å². The fourth-order valence-electron chi connectivity index (χ4n) is 9.78. The highest BCUT2D eigenvalue weighted by Gasteiger charge is 2.44. The molecule has 2 aromatic rings. The first-order valence-corrected chi connectivity index (χ1v) is 25.2. The fraction of sp³-hybridized carbons (Fsp3) is 0.642. The topological polar surface area (TPSA) is 223 Å². The normalized spacial score (nSPS) is 18.1. The Morgan fingerprint density at radius 2 is 1.38 bits per heavy atom. The van der Waals surface area contributed by atoms with Crippen molar-refractivity contribution in [2.24, 2.45) is 23.7 Å². The number of carboxylic acids is 1. The van der Waals surface area contributed by atoms with E-state index in [1.54, 1.807) is 60.2 Å². The van der Waals surface area contributed by atoms with Crippen LogP contribution in [0, 0.1) is 23.7 Å². The molecule has 4 rings (SSSR count). The molecule has 1 saturated heterocycles. The second-order valence-corrected chi connectivity index (χ2v) is 19.6. The summed E-state index contributed by atoms with van der Waals surface area (Å²) in [6, 6.07) is 11.9. The van der Waals surface area contributed by atoms with Crippen molar-refractivity contribution in [3.8, 4) is 0 Å². The molecule has 0 saturated carbocycles. The number of hydrogen-bond donors (Lipinski definition) is 3. The summed E-state index contributed by atoms with van der Waals surface area (Å²) >= 11 is 0. The van der Waals surface area contributed by atoms with Crippen LogP contribution < -0.4 is 10.6 Å². The highest BCUT2D eigenvalue weighted by Crippen LogP contribution is 2.30. The maximum absolute atomic E-state index is 14.6. The zero-order valence-electron chi connectivity index (χ0n) is 44.2. The zero-order valence-corrected chi connectivity index (χ0v) is 44.2. The highest BCUT2D eigenvalue weighted by molar-refractivity contribution is 6.20. The van der Waals surface area contributed by atoms with E-state index in [0.717, 1.165) is 10.6 Å². The van der Waals surface area contributed by atoms with Gasteiger partial charge in [-0.15, -0.1) is 5.06 Å². The lowest BCUT2D eigenvalue weighted by atomic mass is 9.89. The first-order valence-electron chi connectivity index (χ1n) is 25.2. The maximum atomic E-state index is 14.6. The van der Waals surface area contributed by atoms with Crippen molar-refractivity contribution in [1.82, 2.24) is 30.4 Å². The Kier molecular flexibility index (Phi) is 23.7. The van der Waals surface area contributed by atoms with Crippen LogP contribution in [0.15, 0.2) is 54.6 Å². The lowest BCUT2D eigenvalue weighted by Gasteiger charge is -2.41. The Labute approximate surface area is 425 Å². The Bertz CT molecular complexity index is 2070. The van der Waals surface area contributed by atoms with E-state index in [9.17, 15) is 38.7 Å². The number of methoxy groups -OCH3 is 2. The van der Waals surface area contributed by atoms with Gasteiger partial charge in [0.05, 0.1) is 86.8 Å². The molecule has 0 bridgehead atoms. The van der Waals surface area contributed by atoms with Crippen LogP contribution >= 0.6 is 0 Å². The number of nitrogens with zero attached hydrogens (tertiary/aromatic N) is 4. The first-order chi connectivity index (χ1) is 34.3. The van der Waals surface area contributed by atoms with Crippen LogP contribution in [-0.4, -0.2) is 183 Å². The second-order valence-electron chi connectivity index (χ2n) is 19.6. The van der Waals surface area contributed by atoms with E-state index < -0.39 is 72.0 Å².